The lowest BCUT2D eigenvalue weighted by molar-refractivity contribution is 0.461. The SMILES string of the molecule is CC.Cn1ccc(Nc2ncnc3ccc(Oc4cnccn4)cc23)n1. The first-order valence-electron chi connectivity index (χ1n) is 8.23. The third-order valence-corrected chi connectivity index (χ3v) is 3.33. The van der Waals surface area contributed by atoms with Crippen molar-refractivity contribution < 1.29 is 4.74 Å². The molecule has 0 radical (unpaired) electrons. The summed E-state index contributed by atoms with van der Waals surface area (Å²) in [5, 5.41) is 8.31. The van der Waals surface area contributed by atoms with Gasteiger partial charge in [0.1, 0.15) is 17.9 Å². The van der Waals surface area contributed by atoms with E-state index in [1.165, 1.54) is 6.33 Å². The second-order valence-corrected chi connectivity index (χ2v) is 5.05. The Hall–Kier alpha value is -3.55. The van der Waals surface area contributed by atoms with Crippen molar-refractivity contribution in [3.05, 3.63) is 55.4 Å². The summed E-state index contributed by atoms with van der Waals surface area (Å²) < 4.78 is 7.44. The van der Waals surface area contributed by atoms with Crippen molar-refractivity contribution in [1.82, 2.24) is 29.7 Å². The number of fused-ring (bicyclic) bond motifs is 1. The van der Waals surface area contributed by atoms with E-state index in [1.54, 1.807) is 23.3 Å². The summed E-state index contributed by atoms with van der Waals surface area (Å²) in [7, 11) is 1.86. The lowest BCUT2D eigenvalue weighted by Crippen LogP contribution is -1.98. The van der Waals surface area contributed by atoms with Gasteiger partial charge in [-0.05, 0) is 18.2 Å². The third kappa shape index (κ3) is 3.92. The number of aromatic nitrogens is 6. The third-order valence-electron chi connectivity index (χ3n) is 3.33. The number of aryl methyl sites for hydroxylation is 1. The highest BCUT2D eigenvalue weighted by Gasteiger charge is 2.08. The van der Waals surface area contributed by atoms with Gasteiger partial charge in [0.2, 0.25) is 5.88 Å². The minimum absolute atomic E-state index is 0.424. The summed E-state index contributed by atoms with van der Waals surface area (Å²) in [5.41, 5.74) is 0.801. The summed E-state index contributed by atoms with van der Waals surface area (Å²) >= 11 is 0. The van der Waals surface area contributed by atoms with Crippen molar-refractivity contribution in [1.29, 1.82) is 0 Å². The van der Waals surface area contributed by atoms with Crippen molar-refractivity contribution in [3.8, 4) is 11.6 Å². The van der Waals surface area contributed by atoms with Gasteiger partial charge in [-0.2, -0.15) is 5.10 Å². The van der Waals surface area contributed by atoms with E-state index in [1.807, 2.05) is 51.4 Å². The van der Waals surface area contributed by atoms with Crippen molar-refractivity contribution in [3.63, 3.8) is 0 Å². The molecule has 8 heteroatoms. The summed E-state index contributed by atoms with van der Waals surface area (Å²) in [6.45, 7) is 4.00. The second-order valence-electron chi connectivity index (χ2n) is 5.05. The molecule has 8 nitrogen and oxygen atoms in total. The van der Waals surface area contributed by atoms with Gasteiger partial charge in [-0.15, -0.1) is 0 Å². The van der Waals surface area contributed by atoms with Gasteiger partial charge >= 0.3 is 0 Å². The van der Waals surface area contributed by atoms with Crippen LogP contribution in [-0.2, 0) is 7.05 Å². The fraction of sp³-hybridized carbons (Fsp3) is 0.167. The second kappa shape index (κ2) is 8.02. The molecule has 0 amide bonds. The minimum atomic E-state index is 0.424. The van der Waals surface area contributed by atoms with Crippen molar-refractivity contribution in [2.75, 3.05) is 5.32 Å². The highest BCUT2D eigenvalue weighted by molar-refractivity contribution is 5.91. The fourth-order valence-electron chi connectivity index (χ4n) is 2.26. The lowest BCUT2D eigenvalue weighted by Gasteiger charge is -2.08. The van der Waals surface area contributed by atoms with Gasteiger partial charge in [-0.25, -0.2) is 15.0 Å². The Bertz CT molecular complexity index is 985. The number of nitrogens with zero attached hydrogens (tertiary/aromatic N) is 6. The maximum absolute atomic E-state index is 5.72. The van der Waals surface area contributed by atoms with Crippen LogP contribution < -0.4 is 10.1 Å². The highest BCUT2D eigenvalue weighted by atomic mass is 16.5. The summed E-state index contributed by atoms with van der Waals surface area (Å²) in [6.07, 6.45) is 8.09. The van der Waals surface area contributed by atoms with Gasteiger partial charge in [0.15, 0.2) is 5.82 Å². The van der Waals surface area contributed by atoms with Gasteiger partial charge in [0, 0.05) is 37.1 Å². The van der Waals surface area contributed by atoms with Crippen LogP contribution in [0.25, 0.3) is 10.9 Å². The molecule has 0 saturated heterocycles. The van der Waals surface area contributed by atoms with Crippen molar-refractivity contribution in [2.24, 2.45) is 7.05 Å². The average Bonchev–Trinajstić information content (AvgIpc) is 3.09. The summed E-state index contributed by atoms with van der Waals surface area (Å²) in [5.74, 6) is 2.41. The molecular formula is C18H19N7O. The van der Waals surface area contributed by atoms with Crippen LogP contribution in [0, 0.1) is 0 Å². The Morgan fingerprint density at radius 1 is 1.04 bits per heavy atom. The number of hydrogen-bond donors (Lipinski definition) is 1. The normalized spacial score (nSPS) is 10.1. The van der Waals surface area contributed by atoms with E-state index in [0.29, 0.717) is 23.3 Å². The quantitative estimate of drug-likeness (QED) is 0.600. The van der Waals surface area contributed by atoms with E-state index < -0.39 is 0 Å². The first kappa shape index (κ1) is 17.3. The van der Waals surface area contributed by atoms with Gasteiger partial charge < -0.3 is 10.1 Å². The molecule has 3 heterocycles. The van der Waals surface area contributed by atoms with Crippen molar-refractivity contribution >= 4 is 22.5 Å². The first-order chi connectivity index (χ1) is 12.8. The topological polar surface area (TPSA) is 90.6 Å². The molecule has 0 aliphatic heterocycles. The Morgan fingerprint density at radius 3 is 2.65 bits per heavy atom. The predicted octanol–water partition coefficient (Wildman–Crippen LogP) is 3.72. The van der Waals surface area contributed by atoms with E-state index >= 15 is 0 Å². The molecule has 0 saturated carbocycles. The first-order valence-corrected chi connectivity index (χ1v) is 8.23. The van der Waals surface area contributed by atoms with E-state index in [4.69, 9.17) is 4.74 Å². The molecule has 0 bridgehead atoms. The zero-order valence-electron chi connectivity index (χ0n) is 14.8. The summed E-state index contributed by atoms with van der Waals surface area (Å²) in [4.78, 5) is 16.7. The number of benzene rings is 1. The van der Waals surface area contributed by atoms with Crippen LogP contribution >= 0.6 is 0 Å². The van der Waals surface area contributed by atoms with Crippen LogP contribution in [0.2, 0.25) is 0 Å². The average molecular weight is 349 g/mol. The van der Waals surface area contributed by atoms with E-state index in [0.717, 1.165) is 10.9 Å². The standard InChI is InChI=1S/C16H13N7O.C2H6/c1-23-7-4-14(22-23)21-16-12-8-11(2-3-13(12)19-10-20-16)24-15-9-17-5-6-18-15;1-2/h2-10H,1H3,(H,19,20,21,22);1-2H3. The Kier molecular flexibility index (Phi) is 5.33. The molecule has 0 spiro atoms. The molecule has 132 valence electrons. The molecule has 26 heavy (non-hydrogen) atoms. The van der Waals surface area contributed by atoms with Gasteiger partial charge in [-0.3, -0.25) is 9.67 Å². The predicted molar refractivity (Wildman–Crippen MR) is 99.5 cm³/mol. The molecule has 4 rings (SSSR count). The van der Waals surface area contributed by atoms with Gasteiger partial charge in [-0.1, -0.05) is 13.8 Å². The number of anilines is 2. The molecule has 0 fully saturated rings. The Balaban J connectivity index is 0.000000948. The molecule has 0 aliphatic rings. The van der Waals surface area contributed by atoms with Crippen LogP contribution in [0.3, 0.4) is 0 Å². The van der Waals surface area contributed by atoms with E-state index in [9.17, 15) is 0 Å². The molecule has 4 aromatic rings. The molecule has 3 aromatic heterocycles. The van der Waals surface area contributed by atoms with Crippen LogP contribution in [0.1, 0.15) is 13.8 Å². The van der Waals surface area contributed by atoms with E-state index in [-0.39, 0.29) is 0 Å². The maximum Gasteiger partial charge on any atom is 0.237 e. The number of hydrogen-bond acceptors (Lipinski definition) is 7. The Morgan fingerprint density at radius 2 is 1.92 bits per heavy atom. The zero-order valence-corrected chi connectivity index (χ0v) is 14.8. The monoisotopic (exact) mass is 349 g/mol. The molecule has 0 unspecified atom stereocenters. The van der Waals surface area contributed by atoms with Crippen LogP contribution in [0.15, 0.2) is 55.4 Å². The van der Waals surface area contributed by atoms with Gasteiger partial charge in [0.25, 0.3) is 0 Å². The number of rotatable bonds is 4. The lowest BCUT2D eigenvalue weighted by atomic mass is 10.2. The minimum Gasteiger partial charge on any atom is -0.437 e. The largest absolute Gasteiger partial charge is 0.437 e. The van der Waals surface area contributed by atoms with Crippen LogP contribution in [0.4, 0.5) is 11.6 Å². The molecule has 1 N–H and O–H groups in total. The van der Waals surface area contributed by atoms with Crippen LogP contribution in [-0.4, -0.2) is 29.7 Å². The van der Waals surface area contributed by atoms with Gasteiger partial charge in [0.05, 0.1) is 11.7 Å². The van der Waals surface area contributed by atoms with Crippen molar-refractivity contribution in [2.45, 2.75) is 13.8 Å². The molecule has 0 atom stereocenters. The molecule has 0 aliphatic carbocycles. The van der Waals surface area contributed by atoms with Crippen LogP contribution in [0.5, 0.6) is 11.6 Å². The number of nitrogens with one attached hydrogen (secondary N) is 1. The Labute approximate surface area is 150 Å². The number of ether oxygens (including phenoxy) is 1. The van der Waals surface area contributed by atoms with E-state index in [2.05, 4.69) is 30.4 Å². The maximum atomic E-state index is 5.72. The highest BCUT2D eigenvalue weighted by Crippen LogP contribution is 2.28. The fourth-order valence-corrected chi connectivity index (χ4v) is 2.26. The smallest absolute Gasteiger partial charge is 0.237 e. The zero-order chi connectivity index (χ0) is 18.4. The molecule has 1 aromatic carbocycles. The summed E-state index contributed by atoms with van der Waals surface area (Å²) in [6, 6.07) is 7.42. The molecular weight excluding hydrogens is 330 g/mol.